The fraction of sp³-hybridized carbons (Fsp3) is 0.0625. The Morgan fingerprint density at radius 2 is 1.81 bits per heavy atom. The Balaban J connectivity index is 1.76. The highest BCUT2D eigenvalue weighted by molar-refractivity contribution is 6.03. The first-order valence-corrected chi connectivity index (χ1v) is 6.47. The fourth-order valence-corrected chi connectivity index (χ4v) is 1.92. The second-order valence-corrected chi connectivity index (χ2v) is 4.55. The number of anilines is 1. The molecule has 0 spiro atoms. The zero-order valence-electron chi connectivity index (χ0n) is 11.4. The maximum atomic E-state index is 12.0. The Hall–Kier alpha value is -2.95. The molecule has 0 unspecified atom stereocenters. The van der Waals surface area contributed by atoms with E-state index in [4.69, 9.17) is 4.42 Å². The van der Waals surface area contributed by atoms with Gasteiger partial charge in [0.25, 0.3) is 5.91 Å². The van der Waals surface area contributed by atoms with Gasteiger partial charge in [-0.2, -0.15) is 0 Å². The summed E-state index contributed by atoms with van der Waals surface area (Å²) in [5.74, 6) is 0.596. The molecule has 21 heavy (non-hydrogen) atoms. The standard InChI is InChI=1S/C16H13N3O2/c1-11-7-8-21-14(11)16(20)19-13-9-17-15(18-10-13)12-5-3-2-4-6-12/h2-10H,1H3,(H,19,20). The van der Waals surface area contributed by atoms with Gasteiger partial charge in [0.15, 0.2) is 11.6 Å². The summed E-state index contributed by atoms with van der Waals surface area (Å²) in [6.07, 6.45) is 4.64. The average Bonchev–Trinajstić information content (AvgIpc) is 2.95. The van der Waals surface area contributed by atoms with E-state index >= 15 is 0 Å². The number of hydrogen-bond acceptors (Lipinski definition) is 4. The zero-order valence-corrected chi connectivity index (χ0v) is 11.4. The Bertz CT molecular complexity index is 749. The van der Waals surface area contributed by atoms with Gasteiger partial charge in [-0.3, -0.25) is 4.79 Å². The molecule has 2 heterocycles. The Morgan fingerprint density at radius 1 is 1.10 bits per heavy atom. The number of furan rings is 1. The van der Waals surface area contributed by atoms with Gasteiger partial charge in [-0.25, -0.2) is 9.97 Å². The molecule has 1 amide bonds. The molecule has 3 rings (SSSR count). The van der Waals surface area contributed by atoms with Crippen LogP contribution in [0.5, 0.6) is 0 Å². The number of amides is 1. The maximum absolute atomic E-state index is 12.0. The monoisotopic (exact) mass is 279 g/mol. The molecule has 0 fully saturated rings. The third-order valence-electron chi connectivity index (χ3n) is 3.01. The van der Waals surface area contributed by atoms with E-state index in [1.165, 1.54) is 6.26 Å². The summed E-state index contributed by atoms with van der Waals surface area (Å²) in [6, 6.07) is 11.4. The lowest BCUT2D eigenvalue weighted by Gasteiger charge is -2.04. The minimum atomic E-state index is -0.312. The van der Waals surface area contributed by atoms with Crippen LogP contribution in [0, 0.1) is 6.92 Å². The number of nitrogens with one attached hydrogen (secondary N) is 1. The third-order valence-corrected chi connectivity index (χ3v) is 3.01. The largest absolute Gasteiger partial charge is 0.459 e. The molecule has 5 nitrogen and oxygen atoms in total. The van der Waals surface area contributed by atoms with Crippen molar-refractivity contribution >= 4 is 11.6 Å². The SMILES string of the molecule is Cc1ccoc1C(=O)Nc1cnc(-c2ccccc2)nc1. The van der Waals surface area contributed by atoms with Crippen LogP contribution in [0.1, 0.15) is 16.1 Å². The van der Waals surface area contributed by atoms with Crippen molar-refractivity contribution in [3.63, 3.8) is 0 Å². The van der Waals surface area contributed by atoms with Gasteiger partial charge in [0.05, 0.1) is 24.3 Å². The summed E-state index contributed by atoms with van der Waals surface area (Å²) >= 11 is 0. The van der Waals surface area contributed by atoms with Gasteiger partial charge in [0, 0.05) is 11.1 Å². The normalized spacial score (nSPS) is 10.3. The maximum Gasteiger partial charge on any atom is 0.291 e. The van der Waals surface area contributed by atoms with Crippen LogP contribution in [-0.4, -0.2) is 15.9 Å². The molecule has 0 atom stereocenters. The van der Waals surface area contributed by atoms with E-state index in [1.54, 1.807) is 18.5 Å². The van der Waals surface area contributed by atoms with Crippen molar-refractivity contribution in [2.24, 2.45) is 0 Å². The molecule has 0 aliphatic carbocycles. The van der Waals surface area contributed by atoms with Gasteiger partial charge in [0.1, 0.15) is 0 Å². The van der Waals surface area contributed by atoms with E-state index in [0.717, 1.165) is 11.1 Å². The number of aromatic nitrogens is 2. The van der Waals surface area contributed by atoms with Crippen molar-refractivity contribution in [1.29, 1.82) is 0 Å². The highest BCUT2D eigenvalue weighted by Crippen LogP contribution is 2.16. The molecule has 0 bridgehead atoms. The van der Waals surface area contributed by atoms with Crippen molar-refractivity contribution in [2.75, 3.05) is 5.32 Å². The Kier molecular flexibility index (Phi) is 3.47. The highest BCUT2D eigenvalue weighted by atomic mass is 16.3. The fourth-order valence-electron chi connectivity index (χ4n) is 1.92. The number of aryl methyl sites for hydroxylation is 1. The second-order valence-electron chi connectivity index (χ2n) is 4.55. The molecule has 0 saturated heterocycles. The number of nitrogens with zero attached hydrogens (tertiary/aromatic N) is 2. The van der Waals surface area contributed by atoms with E-state index in [0.29, 0.717) is 17.3 Å². The first-order chi connectivity index (χ1) is 10.2. The zero-order chi connectivity index (χ0) is 14.7. The smallest absolute Gasteiger partial charge is 0.291 e. The first-order valence-electron chi connectivity index (χ1n) is 6.47. The van der Waals surface area contributed by atoms with Crippen LogP contribution in [-0.2, 0) is 0 Å². The molecule has 0 radical (unpaired) electrons. The molecular formula is C16H13N3O2. The van der Waals surface area contributed by atoms with Crippen molar-refractivity contribution < 1.29 is 9.21 Å². The molecule has 0 aliphatic heterocycles. The predicted molar refractivity (Wildman–Crippen MR) is 78.9 cm³/mol. The lowest BCUT2D eigenvalue weighted by Crippen LogP contribution is -2.12. The summed E-state index contributed by atoms with van der Waals surface area (Å²) < 4.78 is 5.14. The van der Waals surface area contributed by atoms with E-state index in [9.17, 15) is 4.79 Å². The lowest BCUT2D eigenvalue weighted by molar-refractivity contribution is 0.0996. The molecule has 1 aromatic carbocycles. The minimum Gasteiger partial charge on any atom is -0.459 e. The van der Waals surface area contributed by atoms with Gasteiger partial charge < -0.3 is 9.73 Å². The number of rotatable bonds is 3. The quantitative estimate of drug-likeness (QED) is 0.798. The predicted octanol–water partition coefficient (Wildman–Crippen LogP) is 3.30. The van der Waals surface area contributed by atoms with Crippen LogP contribution in [0.2, 0.25) is 0 Å². The van der Waals surface area contributed by atoms with Crippen LogP contribution in [0.25, 0.3) is 11.4 Å². The van der Waals surface area contributed by atoms with Gasteiger partial charge in [0.2, 0.25) is 0 Å². The van der Waals surface area contributed by atoms with E-state index in [-0.39, 0.29) is 5.91 Å². The number of benzene rings is 1. The molecular weight excluding hydrogens is 266 g/mol. The van der Waals surface area contributed by atoms with Crippen molar-refractivity contribution in [2.45, 2.75) is 6.92 Å². The molecule has 0 saturated carbocycles. The van der Waals surface area contributed by atoms with Gasteiger partial charge >= 0.3 is 0 Å². The topological polar surface area (TPSA) is 68.0 Å². The molecule has 1 N–H and O–H groups in total. The molecule has 0 aliphatic rings. The molecule has 5 heteroatoms. The van der Waals surface area contributed by atoms with E-state index < -0.39 is 0 Å². The Morgan fingerprint density at radius 3 is 2.43 bits per heavy atom. The third kappa shape index (κ3) is 2.81. The second kappa shape index (κ2) is 5.58. The van der Waals surface area contributed by atoms with Crippen LogP contribution >= 0.6 is 0 Å². The summed E-state index contributed by atoms with van der Waals surface area (Å²) in [4.78, 5) is 20.5. The van der Waals surface area contributed by atoms with E-state index in [2.05, 4.69) is 15.3 Å². The van der Waals surface area contributed by atoms with Crippen LogP contribution in [0.3, 0.4) is 0 Å². The van der Waals surface area contributed by atoms with Crippen LogP contribution in [0.15, 0.2) is 59.5 Å². The number of carbonyl (C=O) groups excluding carboxylic acids is 1. The van der Waals surface area contributed by atoms with Crippen LogP contribution < -0.4 is 5.32 Å². The molecule has 2 aromatic heterocycles. The van der Waals surface area contributed by atoms with Gasteiger partial charge in [-0.1, -0.05) is 30.3 Å². The number of hydrogen-bond donors (Lipinski definition) is 1. The van der Waals surface area contributed by atoms with Crippen molar-refractivity contribution in [1.82, 2.24) is 9.97 Å². The van der Waals surface area contributed by atoms with Crippen molar-refractivity contribution in [3.8, 4) is 11.4 Å². The summed E-state index contributed by atoms with van der Waals surface area (Å²) in [7, 11) is 0. The summed E-state index contributed by atoms with van der Waals surface area (Å²) in [6.45, 7) is 1.81. The number of carbonyl (C=O) groups is 1. The molecule has 104 valence electrons. The highest BCUT2D eigenvalue weighted by Gasteiger charge is 2.13. The Labute approximate surface area is 121 Å². The average molecular weight is 279 g/mol. The molecule has 3 aromatic rings. The minimum absolute atomic E-state index is 0.294. The van der Waals surface area contributed by atoms with Gasteiger partial charge in [-0.15, -0.1) is 0 Å². The summed E-state index contributed by atoms with van der Waals surface area (Å²) in [5.41, 5.74) is 2.24. The lowest BCUT2D eigenvalue weighted by atomic mass is 10.2. The first kappa shape index (κ1) is 13.1. The van der Waals surface area contributed by atoms with E-state index in [1.807, 2.05) is 37.3 Å². The van der Waals surface area contributed by atoms with Crippen LogP contribution in [0.4, 0.5) is 5.69 Å². The van der Waals surface area contributed by atoms with Crippen molar-refractivity contribution in [3.05, 3.63) is 66.4 Å². The summed E-state index contributed by atoms with van der Waals surface area (Å²) in [5, 5.41) is 2.71. The van der Waals surface area contributed by atoms with Gasteiger partial charge in [-0.05, 0) is 13.0 Å².